The van der Waals surface area contributed by atoms with E-state index in [1.807, 2.05) is 6.92 Å². The zero-order valence-corrected chi connectivity index (χ0v) is 14.5. The highest BCUT2D eigenvalue weighted by Crippen LogP contribution is 2.34. The summed E-state index contributed by atoms with van der Waals surface area (Å²) >= 11 is 0. The van der Waals surface area contributed by atoms with Gasteiger partial charge in [-0.2, -0.15) is 0 Å². The molecule has 0 bridgehead atoms. The molecule has 1 saturated carbocycles. The Kier molecular flexibility index (Phi) is 7.58. The first-order valence-corrected chi connectivity index (χ1v) is 9.33. The first-order chi connectivity index (χ1) is 10.8. The SMILES string of the molecule is CC#Cc1ccc(CCC2CCC(CCCCC)CC2)cc1. The quantitative estimate of drug-likeness (QED) is 0.404. The van der Waals surface area contributed by atoms with Crippen molar-refractivity contribution in [1.29, 1.82) is 0 Å². The topological polar surface area (TPSA) is 0 Å². The van der Waals surface area contributed by atoms with E-state index in [1.54, 1.807) is 0 Å². The van der Waals surface area contributed by atoms with Crippen molar-refractivity contribution in [3.63, 3.8) is 0 Å². The molecule has 0 spiro atoms. The molecular formula is C22H32. The smallest absolute Gasteiger partial charge is 0.0245 e. The third kappa shape index (κ3) is 5.88. The number of unbranched alkanes of at least 4 members (excludes halogenated alkanes) is 2. The minimum Gasteiger partial charge on any atom is -0.101 e. The van der Waals surface area contributed by atoms with Crippen LogP contribution in [0.25, 0.3) is 0 Å². The zero-order valence-electron chi connectivity index (χ0n) is 14.5. The van der Waals surface area contributed by atoms with Crippen molar-refractivity contribution in [2.24, 2.45) is 11.8 Å². The predicted octanol–water partition coefficient (Wildman–Crippen LogP) is 6.38. The molecule has 1 fully saturated rings. The van der Waals surface area contributed by atoms with Gasteiger partial charge in [0.15, 0.2) is 0 Å². The lowest BCUT2D eigenvalue weighted by atomic mass is 9.78. The summed E-state index contributed by atoms with van der Waals surface area (Å²) in [5.41, 5.74) is 2.62. The van der Waals surface area contributed by atoms with E-state index in [4.69, 9.17) is 0 Å². The lowest BCUT2D eigenvalue weighted by Gasteiger charge is -2.28. The summed E-state index contributed by atoms with van der Waals surface area (Å²) in [6.45, 7) is 4.20. The number of hydrogen-bond donors (Lipinski definition) is 0. The van der Waals surface area contributed by atoms with E-state index in [-0.39, 0.29) is 0 Å². The molecule has 0 atom stereocenters. The first kappa shape index (κ1) is 17.1. The maximum absolute atomic E-state index is 3.12. The molecule has 1 aliphatic rings. The van der Waals surface area contributed by atoms with Crippen LogP contribution >= 0.6 is 0 Å². The second-order valence-electron chi connectivity index (χ2n) is 6.99. The number of rotatable bonds is 7. The molecule has 2 rings (SSSR count). The molecule has 0 saturated heterocycles. The average Bonchev–Trinajstić information content (AvgIpc) is 2.56. The van der Waals surface area contributed by atoms with Crippen molar-refractivity contribution >= 4 is 0 Å². The molecule has 0 aromatic heterocycles. The van der Waals surface area contributed by atoms with Crippen molar-refractivity contribution < 1.29 is 0 Å². The van der Waals surface area contributed by atoms with Crippen LogP contribution in [0.2, 0.25) is 0 Å². The fourth-order valence-corrected chi connectivity index (χ4v) is 3.76. The summed E-state index contributed by atoms with van der Waals surface area (Å²) in [4.78, 5) is 0. The van der Waals surface area contributed by atoms with E-state index in [0.717, 1.165) is 17.4 Å². The van der Waals surface area contributed by atoms with Crippen LogP contribution in [0, 0.1) is 23.7 Å². The predicted molar refractivity (Wildman–Crippen MR) is 96.9 cm³/mol. The van der Waals surface area contributed by atoms with Crippen LogP contribution in [0.5, 0.6) is 0 Å². The Hall–Kier alpha value is -1.22. The molecule has 1 aromatic carbocycles. The van der Waals surface area contributed by atoms with Gasteiger partial charge in [0.2, 0.25) is 0 Å². The van der Waals surface area contributed by atoms with Crippen LogP contribution in [0.3, 0.4) is 0 Å². The fraction of sp³-hybridized carbons (Fsp3) is 0.636. The number of hydrogen-bond acceptors (Lipinski definition) is 0. The molecule has 0 heteroatoms. The van der Waals surface area contributed by atoms with E-state index in [0.29, 0.717) is 0 Å². The Morgan fingerprint density at radius 1 is 0.909 bits per heavy atom. The third-order valence-electron chi connectivity index (χ3n) is 5.25. The van der Waals surface area contributed by atoms with Gasteiger partial charge in [-0.1, -0.05) is 76.3 Å². The Morgan fingerprint density at radius 2 is 1.55 bits per heavy atom. The van der Waals surface area contributed by atoms with Crippen LogP contribution in [0.1, 0.15) is 82.8 Å². The maximum Gasteiger partial charge on any atom is 0.0245 e. The third-order valence-corrected chi connectivity index (χ3v) is 5.25. The lowest BCUT2D eigenvalue weighted by Crippen LogP contribution is -2.15. The van der Waals surface area contributed by atoms with Gasteiger partial charge in [-0.15, -0.1) is 5.92 Å². The first-order valence-electron chi connectivity index (χ1n) is 9.33. The van der Waals surface area contributed by atoms with Crippen LogP contribution in [0.15, 0.2) is 24.3 Å². The van der Waals surface area contributed by atoms with Crippen LogP contribution in [-0.4, -0.2) is 0 Å². The molecule has 0 nitrogen and oxygen atoms in total. The van der Waals surface area contributed by atoms with E-state index in [1.165, 1.54) is 69.8 Å². The second-order valence-corrected chi connectivity index (χ2v) is 6.99. The van der Waals surface area contributed by atoms with Gasteiger partial charge in [-0.3, -0.25) is 0 Å². The molecule has 0 amide bonds. The monoisotopic (exact) mass is 296 g/mol. The number of benzene rings is 1. The highest BCUT2D eigenvalue weighted by molar-refractivity contribution is 5.35. The van der Waals surface area contributed by atoms with Gasteiger partial charge >= 0.3 is 0 Å². The molecule has 0 N–H and O–H groups in total. The van der Waals surface area contributed by atoms with Gasteiger partial charge in [0.25, 0.3) is 0 Å². The van der Waals surface area contributed by atoms with Crippen molar-refractivity contribution in [2.75, 3.05) is 0 Å². The van der Waals surface area contributed by atoms with Gasteiger partial charge in [-0.25, -0.2) is 0 Å². The average molecular weight is 296 g/mol. The highest BCUT2D eigenvalue weighted by Gasteiger charge is 2.20. The van der Waals surface area contributed by atoms with Crippen molar-refractivity contribution in [1.82, 2.24) is 0 Å². The maximum atomic E-state index is 3.12. The van der Waals surface area contributed by atoms with E-state index >= 15 is 0 Å². The standard InChI is InChI=1S/C22H32/c1-3-5-6-8-20-11-15-22(16-12-20)18-17-21-13-9-19(7-4-2)10-14-21/h9-10,13-14,20,22H,3,5-6,8,11-12,15-18H2,1-2H3. The second kappa shape index (κ2) is 9.73. The summed E-state index contributed by atoms with van der Waals surface area (Å²) in [5, 5.41) is 0. The Balaban J connectivity index is 1.66. The molecule has 0 radical (unpaired) electrons. The highest BCUT2D eigenvalue weighted by atomic mass is 14.3. The minimum atomic E-state index is 0.970. The van der Waals surface area contributed by atoms with Gasteiger partial charge < -0.3 is 0 Å². The van der Waals surface area contributed by atoms with Crippen molar-refractivity contribution in [2.45, 2.75) is 78.1 Å². The minimum absolute atomic E-state index is 0.970. The summed E-state index contributed by atoms with van der Waals surface area (Å²) < 4.78 is 0. The molecule has 1 aromatic rings. The molecule has 0 heterocycles. The van der Waals surface area contributed by atoms with Crippen LogP contribution in [0.4, 0.5) is 0 Å². The molecule has 1 aliphatic carbocycles. The zero-order chi connectivity index (χ0) is 15.6. The summed E-state index contributed by atoms with van der Waals surface area (Å²) in [6, 6.07) is 8.85. The molecular weight excluding hydrogens is 264 g/mol. The van der Waals surface area contributed by atoms with Crippen molar-refractivity contribution in [3.05, 3.63) is 35.4 Å². The molecule has 0 aliphatic heterocycles. The molecule has 0 unspecified atom stereocenters. The normalized spacial score (nSPS) is 21.2. The summed E-state index contributed by atoms with van der Waals surface area (Å²) in [5.74, 6) is 8.08. The van der Waals surface area contributed by atoms with Crippen LogP contribution in [-0.2, 0) is 6.42 Å². The summed E-state index contributed by atoms with van der Waals surface area (Å²) in [7, 11) is 0. The van der Waals surface area contributed by atoms with Gasteiger partial charge in [0.05, 0.1) is 0 Å². The van der Waals surface area contributed by atoms with Gasteiger partial charge in [0.1, 0.15) is 0 Å². The molecule has 22 heavy (non-hydrogen) atoms. The van der Waals surface area contributed by atoms with Gasteiger partial charge in [-0.05, 0) is 49.3 Å². The van der Waals surface area contributed by atoms with Gasteiger partial charge in [0, 0.05) is 5.56 Å². The fourth-order valence-electron chi connectivity index (χ4n) is 3.76. The Labute approximate surface area is 137 Å². The number of aryl methyl sites for hydroxylation is 1. The largest absolute Gasteiger partial charge is 0.101 e. The lowest BCUT2D eigenvalue weighted by molar-refractivity contribution is 0.249. The summed E-state index contributed by atoms with van der Waals surface area (Å²) in [6.07, 6.45) is 14.3. The van der Waals surface area contributed by atoms with Crippen molar-refractivity contribution in [3.8, 4) is 11.8 Å². The van der Waals surface area contributed by atoms with E-state index in [2.05, 4.69) is 43.0 Å². The Morgan fingerprint density at radius 3 is 2.14 bits per heavy atom. The Bertz CT molecular complexity index is 463. The van der Waals surface area contributed by atoms with Crippen LogP contribution < -0.4 is 0 Å². The molecule has 120 valence electrons. The van der Waals surface area contributed by atoms with E-state index in [9.17, 15) is 0 Å². The van der Waals surface area contributed by atoms with E-state index < -0.39 is 0 Å².